The fourth-order valence-electron chi connectivity index (χ4n) is 1.80. The number of rotatable bonds is 0. The van der Waals surface area contributed by atoms with Gasteiger partial charge >= 0.3 is 0 Å². The smallest absolute Gasteiger partial charge is 0.253 e. The van der Waals surface area contributed by atoms with E-state index in [1.165, 1.54) is 0 Å². The molecular formula is C11H12BrNO. The summed E-state index contributed by atoms with van der Waals surface area (Å²) in [5.74, 6) is 0.135. The first-order chi connectivity index (χ1) is 6.59. The Kier molecular flexibility index (Phi) is 2.35. The lowest BCUT2D eigenvalue weighted by Gasteiger charge is -2.25. The fourth-order valence-corrected chi connectivity index (χ4v) is 2.58. The summed E-state index contributed by atoms with van der Waals surface area (Å²) in [6.45, 7) is 2.82. The molecule has 14 heavy (non-hydrogen) atoms. The standard InChI is InChI=1S/C11H12BrNO/c1-7-5-9-8(10(12)6-7)3-4-13(2)11(9)14/h5-6H,3-4H2,1-2H3. The molecule has 1 aliphatic rings. The molecule has 0 unspecified atom stereocenters. The van der Waals surface area contributed by atoms with Crippen LogP contribution in [0.4, 0.5) is 0 Å². The molecular weight excluding hydrogens is 242 g/mol. The topological polar surface area (TPSA) is 20.3 Å². The largest absolute Gasteiger partial charge is 0.341 e. The number of halogens is 1. The summed E-state index contributed by atoms with van der Waals surface area (Å²) in [7, 11) is 1.85. The van der Waals surface area contributed by atoms with Gasteiger partial charge in [-0.3, -0.25) is 4.79 Å². The van der Waals surface area contributed by atoms with Crippen molar-refractivity contribution >= 4 is 21.8 Å². The second-order valence-corrected chi connectivity index (χ2v) is 4.60. The van der Waals surface area contributed by atoms with Gasteiger partial charge in [0, 0.05) is 23.6 Å². The van der Waals surface area contributed by atoms with Gasteiger partial charge in [0.1, 0.15) is 0 Å². The fraction of sp³-hybridized carbons (Fsp3) is 0.364. The molecule has 0 fully saturated rings. The first-order valence-corrected chi connectivity index (χ1v) is 5.43. The number of fused-ring (bicyclic) bond motifs is 1. The minimum absolute atomic E-state index is 0.135. The average molecular weight is 254 g/mol. The van der Waals surface area contributed by atoms with E-state index in [1.54, 1.807) is 4.90 Å². The van der Waals surface area contributed by atoms with Crippen LogP contribution in [0, 0.1) is 6.92 Å². The van der Waals surface area contributed by atoms with Gasteiger partial charge < -0.3 is 4.90 Å². The van der Waals surface area contributed by atoms with Crippen molar-refractivity contribution in [2.75, 3.05) is 13.6 Å². The van der Waals surface area contributed by atoms with E-state index in [9.17, 15) is 4.79 Å². The van der Waals surface area contributed by atoms with E-state index in [0.29, 0.717) is 0 Å². The third-order valence-electron chi connectivity index (χ3n) is 2.61. The summed E-state index contributed by atoms with van der Waals surface area (Å²) in [6.07, 6.45) is 0.943. The van der Waals surface area contributed by atoms with Crippen LogP contribution >= 0.6 is 15.9 Å². The van der Waals surface area contributed by atoms with E-state index in [1.807, 2.05) is 20.0 Å². The number of benzene rings is 1. The van der Waals surface area contributed by atoms with Crippen molar-refractivity contribution in [2.45, 2.75) is 13.3 Å². The maximum Gasteiger partial charge on any atom is 0.253 e. The monoisotopic (exact) mass is 253 g/mol. The van der Waals surface area contributed by atoms with Gasteiger partial charge in [0.2, 0.25) is 0 Å². The zero-order valence-electron chi connectivity index (χ0n) is 8.30. The van der Waals surface area contributed by atoms with Gasteiger partial charge in [0.05, 0.1) is 0 Å². The third-order valence-corrected chi connectivity index (χ3v) is 3.32. The average Bonchev–Trinajstić information content (AvgIpc) is 2.12. The van der Waals surface area contributed by atoms with Crippen LogP contribution in [-0.2, 0) is 6.42 Å². The molecule has 0 aliphatic carbocycles. The number of carbonyl (C=O) groups is 1. The van der Waals surface area contributed by atoms with Gasteiger partial charge in [0.15, 0.2) is 0 Å². The van der Waals surface area contributed by atoms with Crippen LogP contribution in [0.1, 0.15) is 21.5 Å². The lowest BCUT2D eigenvalue weighted by atomic mass is 9.97. The van der Waals surface area contributed by atoms with Gasteiger partial charge in [-0.15, -0.1) is 0 Å². The Bertz CT molecular complexity index is 401. The predicted molar refractivity (Wildman–Crippen MR) is 59.5 cm³/mol. The van der Waals surface area contributed by atoms with Crippen LogP contribution in [0.3, 0.4) is 0 Å². The highest BCUT2D eigenvalue weighted by Gasteiger charge is 2.23. The van der Waals surface area contributed by atoms with Gasteiger partial charge in [-0.05, 0) is 36.6 Å². The van der Waals surface area contributed by atoms with Crippen molar-refractivity contribution in [2.24, 2.45) is 0 Å². The number of carbonyl (C=O) groups excluding carboxylic acids is 1. The molecule has 2 rings (SSSR count). The molecule has 0 bridgehead atoms. The van der Waals surface area contributed by atoms with E-state index >= 15 is 0 Å². The van der Waals surface area contributed by atoms with Crippen molar-refractivity contribution < 1.29 is 4.79 Å². The van der Waals surface area contributed by atoms with Gasteiger partial charge in [-0.1, -0.05) is 15.9 Å². The Balaban J connectivity index is 2.60. The highest BCUT2D eigenvalue weighted by Crippen LogP contribution is 2.27. The molecule has 0 saturated carbocycles. The zero-order chi connectivity index (χ0) is 10.3. The molecule has 0 N–H and O–H groups in total. The van der Waals surface area contributed by atoms with Crippen molar-refractivity contribution in [1.29, 1.82) is 0 Å². The minimum atomic E-state index is 0.135. The summed E-state index contributed by atoms with van der Waals surface area (Å²) >= 11 is 3.51. The highest BCUT2D eigenvalue weighted by molar-refractivity contribution is 9.10. The van der Waals surface area contributed by atoms with E-state index < -0.39 is 0 Å². The number of aryl methyl sites for hydroxylation is 1. The Morgan fingerprint density at radius 1 is 1.43 bits per heavy atom. The second kappa shape index (κ2) is 3.39. The maximum absolute atomic E-state index is 11.8. The molecule has 0 saturated heterocycles. The number of amides is 1. The van der Waals surface area contributed by atoms with Crippen LogP contribution < -0.4 is 0 Å². The van der Waals surface area contributed by atoms with Gasteiger partial charge in [0.25, 0.3) is 5.91 Å². The zero-order valence-corrected chi connectivity index (χ0v) is 9.89. The molecule has 0 radical (unpaired) electrons. The van der Waals surface area contributed by atoms with Crippen molar-refractivity contribution in [3.63, 3.8) is 0 Å². The Morgan fingerprint density at radius 2 is 2.14 bits per heavy atom. The molecule has 3 heteroatoms. The first kappa shape index (κ1) is 9.71. The number of nitrogens with zero attached hydrogens (tertiary/aromatic N) is 1. The molecule has 1 aromatic rings. The quantitative estimate of drug-likeness (QED) is 0.696. The van der Waals surface area contributed by atoms with E-state index in [2.05, 4.69) is 22.0 Å². The van der Waals surface area contributed by atoms with Crippen molar-refractivity contribution in [1.82, 2.24) is 4.90 Å². The third kappa shape index (κ3) is 1.46. The summed E-state index contributed by atoms with van der Waals surface area (Å²) < 4.78 is 1.06. The molecule has 0 atom stereocenters. The first-order valence-electron chi connectivity index (χ1n) is 4.64. The molecule has 1 aromatic carbocycles. The Morgan fingerprint density at radius 3 is 2.86 bits per heavy atom. The normalized spacial score (nSPS) is 15.6. The van der Waals surface area contributed by atoms with Crippen molar-refractivity contribution in [3.8, 4) is 0 Å². The number of likely N-dealkylation sites (N-methyl/N-ethyl adjacent to an activating group) is 1. The van der Waals surface area contributed by atoms with E-state index in [-0.39, 0.29) is 5.91 Å². The Hall–Kier alpha value is -0.830. The summed E-state index contributed by atoms with van der Waals surface area (Å²) in [4.78, 5) is 13.6. The van der Waals surface area contributed by atoms with Crippen LogP contribution in [0.15, 0.2) is 16.6 Å². The lowest BCUT2D eigenvalue weighted by Crippen LogP contribution is -2.34. The number of hydrogen-bond donors (Lipinski definition) is 0. The highest BCUT2D eigenvalue weighted by atomic mass is 79.9. The number of hydrogen-bond acceptors (Lipinski definition) is 1. The molecule has 1 heterocycles. The van der Waals surface area contributed by atoms with Gasteiger partial charge in [-0.25, -0.2) is 0 Å². The predicted octanol–water partition coefficient (Wildman–Crippen LogP) is 2.39. The van der Waals surface area contributed by atoms with Gasteiger partial charge in [-0.2, -0.15) is 0 Å². The molecule has 1 aliphatic heterocycles. The van der Waals surface area contributed by atoms with Crippen LogP contribution in [0.5, 0.6) is 0 Å². The minimum Gasteiger partial charge on any atom is -0.341 e. The maximum atomic E-state index is 11.8. The summed E-state index contributed by atoms with van der Waals surface area (Å²) in [5.41, 5.74) is 3.13. The lowest BCUT2D eigenvalue weighted by molar-refractivity contribution is 0.0780. The van der Waals surface area contributed by atoms with Crippen molar-refractivity contribution in [3.05, 3.63) is 33.3 Å². The Labute approximate surface area is 92.0 Å². The SMILES string of the molecule is Cc1cc(Br)c2c(c1)C(=O)N(C)CC2. The summed E-state index contributed by atoms with van der Waals surface area (Å²) in [5, 5.41) is 0. The molecule has 0 aromatic heterocycles. The van der Waals surface area contributed by atoms with E-state index in [4.69, 9.17) is 0 Å². The second-order valence-electron chi connectivity index (χ2n) is 3.75. The molecule has 74 valence electrons. The van der Waals surface area contributed by atoms with Crippen LogP contribution in [0.25, 0.3) is 0 Å². The molecule has 1 amide bonds. The molecule has 0 spiro atoms. The van der Waals surface area contributed by atoms with Crippen LogP contribution in [-0.4, -0.2) is 24.4 Å². The van der Waals surface area contributed by atoms with Crippen LogP contribution in [0.2, 0.25) is 0 Å². The molecule has 2 nitrogen and oxygen atoms in total. The van der Waals surface area contributed by atoms with E-state index in [0.717, 1.165) is 34.1 Å². The summed E-state index contributed by atoms with van der Waals surface area (Å²) in [6, 6.07) is 4.04.